The standard InChI is InChI=1S/C26H48N2O4/c1-2-3-4-5-6-7-8-9-10-11-12-13-14-15-16-17-24(30)26-27-19-21-28(26,22-23-29)20-18-25(31)32/h29H,2-23H2,1H3. The summed E-state index contributed by atoms with van der Waals surface area (Å²) < 4.78 is 0.196. The number of aliphatic carboxylic acids is 1. The average molecular weight is 453 g/mol. The molecule has 0 aromatic rings. The fraction of sp³-hybridized carbons (Fsp3) is 0.885. The number of carbonyl (C=O) groups excluding carboxylic acids is 2. The normalized spacial score (nSPS) is 18.1. The number of carboxylic acids is 1. The largest absolute Gasteiger partial charge is 0.550 e. The van der Waals surface area contributed by atoms with Crippen LogP contribution in [0.5, 0.6) is 0 Å². The van der Waals surface area contributed by atoms with Gasteiger partial charge < -0.3 is 15.0 Å². The predicted molar refractivity (Wildman–Crippen MR) is 128 cm³/mol. The second-order valence-corrected chi connectivity index (χ2v) is 9.49. The molecule has 1 heterocycles. The van der Waals surface area contributed by atoms with Crippen LogP contribution in [0.1, 0.15) is 116 Å². The van der Waals surface area contributed by atoms with Gasteiger partial charge in [0.2, 0.25) is 5.78 Å². The molecule has 0 radical (unpaired) electrons. The number of Topliss-reactive ketones (excluding diaryl/α,β-unsaturated/α-hetero) is 1. The summed E-state index contributed by atoms with van der Waals surface area (Å²) in [6.07, 6.45) is 19.7. The van der Waals surface area contributed by atoms with Gasteiger partial charge in [-0.2, -0.15) is 0 Å². The maximum Gasteiger partial charge on any atom is 0.267 e. The van der Waals surface area contributed by atoms with Gasteiger partial charge in [-0.05, 0) is 6.42 Å². The van der Waals surface area contributed by atoms with Crippen molar-refractivity contribution in [1.29, 1.82) is 0 Å². The summed E-state index contributed by atoms with van der Waals surface area (Å²) in [6, 6.07) is 0. The molecule has 1 aliphatic heterocycles. The number of carbonyl (C=O) groups is 2. The smallest absolute Gasteiger partial charge is 0.267 e. The van der Waals surface area contributed by atoms with Gasteiger partial charge in [-0.25, -0.2) is 4.99 Å². The van der Waals surface area contributed by atoms with Crippen molar-refractivity contribution in [2.24, 2.45) is 4.99 Å². The van der Waals surface area contributed by atoms with Crippen molar-refractivity contribution in [1.82, 2.24) is 0 Å². The van der Waals surface area contributed by atoms with Crippen LogP contribution in [-0.4, -0.2) is 60.0 Å². The highest BCUT2D eigenvalue weighted by molar-refractivity contribution is 6.36. The Morgan fingerprint density at radius 1 is 0.812 bits per heavy atom. The lowest BCUT2D eigenvalue weighted by Gasteiger charge is -2.33. The number of rotatable bonds is 22. The fourth-order valence-corrected chi connectivity index (χ4v) is 4.77. The van der Waals surface area contributed by atoms with Crippen LogP contribution in [0.15, 0.2) is 4.99 Å². The number of unbranched alkanes of at least 4 members (excludes halogenated alkanes) is 14. The molecule has 1 aliphatic rings. The van der Waals surface area contributed by atoms with E-state index in [-0.39, 0.29) is 29.8 Å². The first kappa shape index (κ1) is 28.8. The van der Waals surface area contributed by atoms with Crippen LogP contribution in [0.2, 0.25) is 0 Å². The van der Waals surface area contributed by atoms with Crippen molar-refractivity contribution in [2.75, 3.05) is 32.8 Å². The summed E-state index contributed by atoms with van der Waals surface area (Å²) in [7, 11) is 0. The molecular weight excluding hydrogens is 404 g/mol. The highest BCUT2D eigenvalue weighted by Gasteiger charge is 2.41. The number of quaternary nitrogens is 1. The fourth-order valence-electron chi connectivity index (χ4n) is 4.77. The summed E-state index contributed by atoms with van der Waals surface area (Å²) in [6.45, 7) is 3.90. The Labute approximate surface area is 196 Å². The minimum absolute atomic E-state index is 0.0176. The number of ketones is 1. The van der Waals surface area contributed by atoms with Gasteiger partial charge in [0.15, 0.2) is 0 Å². The van der Waals surface area contributed by atoms with Crippen LogP contribution >= 0.6 is 0 Å². The van der Waals surface area contributed by atoms with Crippen molar-refractivity contribution in [3.63, 3.8) is 0 Å². The molecule has 1 unspecified atom stereocenters. The van der Waals surface area contributed by atoms with Crippen LogP contribution in [0.3, 0.4) is 0 Å². The molecule has 6 heteroatoms. The molecule has 0 aromatic carbocycles. The lowest BCUT2D eigenvalue weighted by Crippen LogP contribution is -2.56. The quantitative estimate of drug-likeness (QED) is 0.197. The first-order valence-electron chi connectivity index (χ1n) is 13.3. The third-order valence-corrected chi connectivity index (χ3v) is 6.77. The van der Waals surface area contributed by atoms with Crippen molar-refractivity contribution in [3.05, 3.63) is 0 Å². The lowest BCUT2D eigenvalue weighted by molar-refractivity contribution is -0.833. The molecule has 0 spiro atoms. The van der Waals surface area contributed by atoms with Crippen molar-refractivity contribution in [3.8, 4) is 0 Å². The zero-order chi connectivity index (χ0) is 23.5. The Kier molecular flexibility index (Phi) is 16.3. The van der Waals surface area contributed by atoms with E-state index < -0.39 is 5.97 Å². The number of amidine groups is 1. The molecule has 1 N–H and O–H groups in total. The second kappa shape index (κ2) is 18.2. The molecule has 1 atom stereocenters. The lowest BCUT2D eigenvalue weighted by atomic mass is 10.0. The Morgan fingerprint density at radius 3 is 1.78 bits per heavy atom. The van der Waals surface area contributed by atoms with Gasteiger partial charge in [-0.15, -0.1) is 0 Å². The van der Waals surface area contributed by atoms with Crippen molar-refractivity contribution >= 4 is 17.6 Å². The maximum atomic E-state index is 12.7. The molecule has 0 fully saturated rings. The molecule has 0 saturated carbocycles. The van der Waals surface area contributed by atoms with E-state index in [2.05, 4.69) is 11.9 Å². The molecule has 0 aliphatic carbocycles. The van der Waals surface area contributed by atoms with E-state index in [9.17, 15) is 19.8 Å². The minimum Gasteiger partial charge on any atom is -0.550 e. The van der Waals surface area contributed by atoms with Crippen molar-refractivity contribution < 1.29 is 24.3 Å². The van der Waals surface area contributed by atoms with E-state index in [4.69, 9.17) is 0 Å². The van der Waals surface area contributed by atoms with Gasteiger partial charge >= 0.3 is 0 Å². The van der Waals surface area contributed by atoms with Gasteiger partial charge in [-0.3, -0.25) is 9.28 Å². The van der Waals surface area contributed by atoms with E-state index in [1.165, 1.54) is 83.5 Å². The third kappa shape index (κ3) is 12.1. The van der Waals surface area contributed by atoms with E-state index >= 15 is 0 Å². The molecule has 0 bridgehead atoms. The number of carboxylic acid groups (broad SMARTS) is 1. The number of aliphatic hydroxyl groups excluding tert-OH is 1. The minimum atomic E-state index is -1.12. The molecule has 32 heavy (non-hydrogen) atoms. The summed E-state index contributed by atoms with van der Waals surface area (Å²) in [5, 5.41) is 20.3. The predicted octanol–water partition coefficient (Wildman–Crippen LogP) is 4.18. The Hall–Kier alpha value is -1.27. The molecule has 0 amide bonds. The highest BCUT2D eigenvalue weighted by Crippen LogP contribution is 2.19. The van der Waals surface area contributed by atoms with Gasteiger partial charge in [0, 0.05) is 18.8 Å². The third-order valence-electron chi connectivity index (χ3n) is 6.77. The van der Waals surface area contributed by atoms with E-state index in [0.29, 0.717) is 31.9 Å². The zero-order valence-electron chi connectivity index (χ0n) is 20.6. The second-order valence-electron chi connectivity index (χ2n) is 9.49. The SMILES string of the molecule is CCCCCCCCCCCCCCCCCC(=O)C1=NCC[N+]1(CCO)CCC(=O)[O-]. The number of hydrogen-bond donors (Lipinski definition) is 1. The molecular formula is C26H48N2O4. The summed E-state index contributed by atoms with van der Waals surface area (Å²) in [4.78, 5) is 28.0. The van der Waals surface area contributed by atoms with Gasteiger partial charge in [0.1, 0.15) is 13.1 Å². The van der Waals surface area contributed by atoms with Crippen LogP contribution in [-0.2, 0) is 9.59 Å². The average Bonchev–Trinajstić information content (AvgIpc) is 3.19. The number of nitrogens with zero attached hydrogens (tertiary/aromatic N) is 2. The zero-order valence-corrected chi connectivity index (χ0v) is 20.6. The Bertz CT molecular complexity index is 550. The monoisotopic (exact) mass is 452 g/mol. The summed E-state index contributed by atoms with van der Waals surface area (Å²) >= 11 is 0. The van der Waals surface area contributed by atoms with E-state index in [1.807, 2.05) is 0 Å². The maximum absolute atomic E-state index is 12.7. The van der Waals surface area contributed by atoms with Crippen LogP contribution in [0.4, 0.5) is 0 Å². The van der Waals surface area contributed by atoms with Crippen LogP contribution in [0.25, 0.3) is 0 Å². The van der Waals surface area contributed by atoms with Gasteiger partial charge in [0.05, 0.1) is 19.7 Å². The first-order chi connectivity index (χ1) is 15.6. The number of hydrogen-bond acceptors (Lipinski definition) is 5. The van der Waals surface area contributed by atoms with Crippen LogP contribution < -0.4 is 5.11 Å². The van der Waals surface area contributed by atoms with E-state index in [0.717, 1.165) is 12.8 Å². The molecule has 0 aromatic heterocycles. The molecule has 1 rings (SSSR count). The first-order valence-corrected chi connectivity index (χ1v) is 13.3. The Balaban J connectivity index is 2.07. The molecule has 6 nitrogen and oxygen atoms in total. The van der Waals surface area contributed by atoms with Crippen LogP contribution in [0, 0.1) is 0 Å². The Morgan fingerprint density at radius 2 is 1.31 bits per heavy atom. The molecule has 186 valence electrons. The highest BCUT2D eigenvalue weighted by atomic mass is 16.4. The molecule has 0 saturated heterocycles. The van der Waals surface area contributed by atoms with E-state index in [1.54, 1.807) is 0 Å². The van der Waals surface area contributed by atoms with Gasteiger partial charge in [0.25, 0.3) is 5.84 Å². The number of aliphatic imine (C=N–C) groups is 1. The van der Waals surface area contributed by atoms with Crippen molar-refractivity contribution in [2.45, 2.75) is 116 Å². The topological polar surface area (TPSA) is 89.8 Å². The van der Waals surface area contributed by atoms with Gasteiger partial charge in [-0.1, -0.05) is 96.8 Å². The summed E-state index contributed by atoms with van der Waals surface area (Å²) in [5.41, 5.74) is 0. The summed E-state index contributed by atoms with van der Waals surface area (Å²) in [5.74, 6) is -0.642. The number of aliphatic hydroxyl groups is 1.